The summed E-state index contributed by atoms with van der Waals surface area (Å²) in [7, 11) is -0.393. The van der Waals surface area contributed by atoms with Gasteiger partial charge in [0.25, 0.3) is 0 Å². The minimum atomic E-state index is -2.08. The van der Waals surface area contributed by atoms with Gasteiger partial charge in [0, 0.05) is 19.3 Å². The Kier molecular flexibility index (Phi) is 11.9. The standard InChI is InChI=1S/C17H28O5Si/c1-5-10-16(18)21-12-8-14-23(7-3,20-4)15-9-13-22-17(19)11-6-2/h5-7,10-11H,3,8-9,12-15H2,1-2,4H3. The highest BCUT2D eigenvalue weighted by molar-refractivity contribution is 6.78. The molecule has 0 aromatic heterocycles. The number of allylic oxidation sites excluding steroid dienone is 2. The van der Waals surface area contributed by atoms with E-state index in [2.05, 4.69) is 6.58 Å². The molecule has 0 spiro atoms. The summed E-state index contributed by atoms with van der Waals surface area (Å²) in [5.41, 5.74) is 1.90. The topological polar surface area (TPSA) is 61.8 Å². The first-order valence-corrected chi connectivity index (χ1v) is 10.2. The van der Waals surface area contributed by atoms with E-state index in [4.69, 9.17) is 13.9 Å². The first-order valence-electron chi connectivity index (χ1n) is 7.81. The van der Waals surface area contributed by atoms with Crippen LogP contribution in [-0.2, 0) is 23.5 Å². The van der Waals surface area contributed by atoms with Crippen LogP contribution in [0.3, 0.4) is 0 Å². The van der Waals surface area contributed by atoms with Gasteiger partial charge in [-0.2, -0.15) is 0 Å². The molecule has 0 N–H and O–H groups in total. The molecule has 0 unspecified atom stereocenters. The lowest BCUT2D eigenvalue weighted by atomic mass is 10.5. The first-order chi connectivity index (χ1) is 11.0. The SMILES string of the molecule is C=C[Si](CCCOC(=O)C=CC)(CCCOC(=O)C=CC)OC. The van der Waals surface area contributed by atoms with Gasteiger partial charge in [0.05, 0.1) is 13.2 Å². The molecule has 0 bridgehead atoms. The molecule has 0 amide bonds. The number of ether oxygens (including phenoxy) is 2. The quantitative estimate of drug-likeness (QED) is 0.236. The summed E-state index contributed by atoms with van der Waals surface area (Å²) < 4.78 is 15.9. The molecular formula is C17H28O5Si. The highest BCUT2D eigenvalue weighted by Crippen LogP contribution is 2.22. The van der Waals surface area contributed by atoms with E-state index < -0.39 is 8.32 Å². The second-order valence-corrected chi connectivity index (χ2v) is 8.96. The summed E-state index contributed by atoms with van der Waals surface area (Å²) in [6.07, 6.45) is 7.55. The Morgan fingerprint density at radius 2 is 1.39 bits per heavy atom. The molecule has 0 aliphatic rings. The van der Waals surface area contributed by atoms with Crippen molar-refractivity contribution >= 4 is 20.3 Å². The second-order valence-electron chi connectivity index (χ2n) is 5.02. The predicted octanol–water partition coefficient (Wildman–Crippen LogP) is 3.32. The summed E-state index contributed by atoms with van der Waals surface area (Å²) in [4.78, 5) is 22.5. The van der Waals surface area contributed by atoms with Gasteiger partial charge in [-0.25, -0.2) is 9.59 Å². The highest BCUT2D eigenvalue weighted by atomic mass is 28.4. The molecule has 6 heteroatoms. The molecule has 0 saturated heterocycles. The Balaban J connectivity index is 4.16. The van der Waals surface area contributed by atoms with E-state index in [9.17, 15) is 9.59 Å². The van der Waals surface area contributed by atoms with Crippen LogP contribution >= 0.6 is 0 Å². The Bertz CT molecular complexity index is 397. The predicted molar refractivity (Wildman–Crippen MR) is 93.4 cm³/mol. The monoisotopic (exact) mass is 340 g/mol. The van der Waals surface area contributed by atoms with Crippen LogP contribution in [0.15, 0.2) is 36.6 Å². The number of carbonyl (C=O) groups is 2. The number of hydrogen-bond acceptors (Lipinski definition) is 5. The number of hydrogen-bond donors (Lipinski definition) is 0. The fourth-order valence-electron chi connectivity index (χ4n) is 2.07. The normalized spacial score (nSPS) is 13.9. The molecule has 130 valence electrons. The van der Waals surface area contributed by atoms with Crippen molar-refractivity contribution in [2.24, 2.45) is 0 Å². The van der Waals surface area contributed by atoms with Gasteiger partial charge < -0.3 is 13.9 Å². The fourth-order valence-corrected chi connectivity index (χ4v) is 4.79. The van der Waals surface area contributed by atoms with E-state index in [0.29, 0.717) is 13.2 Å². The van der Waals surface area contributed by atoms with Crippen LogP contribution in [0.25, 0.3) is 0 Å². The second kappa shape index (κ2) is 12.8. The lowest BCUT2D eigenvalue weighted by Gasteiger charge is -2.26. The average molecular weight is 340 g/mol. The van der Waals surface area contributed by atoms with Crippen molar-refractivity contribution in [1.29, 1.82) is 0 Å². The maximum atomic E-state index is 11.2. The highest BCUT2D eigenvalue weighted by Gasteiger charge is 2.29. The Morgan fingerprint density at radius 1 is 0.957 bits per heavy atom. The number of rotatable bonds is 12. The van der Waals surface area contributed by atoms with Crippen LogP contribution in [-0.4, -0.2) is 40.6 Å². The first kappa shape index (κ1) is 21.3. The third-order valence-electron chi connectivity index (χ3n) is 3.36. The number of carbonyl (C=O) groups excluding carboxylic acids is 2. The summed E-state index contributed by atoms with van der Waals surface area (Å²) in [5, 5.41) is 0. The summed E-state index contributed by atoms with van der Waals surface area (Å²) >= 11 is 0. The summed E-state index contributed by atoms with van der Waals surface area (Å²) in [5.74, 6) is -0.654. The lowest BCUT2D eigenvalue weighted by Crippen LogP contribution is -2.35. The molecular weight excluding hydrogens is 312 g/mol. The van der Waals surface area contributed by atoms with Crippen molar-refractivity contribution in [3.8, 4) is 0 Å². The van der Waals surface area contributed by atoms with Crippen LogP contribution in [0.1, 0.15) is 26.7 Å². The van der Waals surface area contributed by atoms with E-state index in [1.807, 2.05) is 5.70 Å². The summed E-state index contributed by atoms with van der Waals surface area (Å²) in [6, 6.07) is 1.64. The molecule has 5 nitrogen and oxygen atoms in total. The van der Waals surface area contributed by atoms with Crippen molar-refractivity contribution in [2.45, 2.75) is 38.8 Å². The maximum absolute atomic E-state index is 11.2. The minimum Gasteiger partial charge on any atom is -0.463 e. The molecule has 0 aromatic rings. The van der Waals surface area contributed by atoms with Crippen LogP contribution in [0.5, 0.6) is 0 Å². The molecule has 23 heavy (non-hydrogen) atoms. The fraction of sp³-hybridized carbons (Fsp3) is 0.529. The zero-order valence-electron chi connectivity index (χ0n) is 14.4. The van der Waals surface area contributed by atoms with Crippen molar-refractivity contribution in [2.75, 3.05) is 20.3 Å². The average Bonchev–Trinajstić information content (AvgIpc) is 2.54. The van der Waals surface area contributed by atoms with Crippen molar-refractivity contribution in [1.82, 2.24) is 0 Å². The molecule has 0 heterocycles. The van der Waals surface area contributed by atoms with Crippen LogP contribution in [0, 0.1) is 0 Å². The zero-order valence-corrected chi connectivity index (χ0v) is 15.4. The molecule has 0 aliphatic carbocycles. The van der Waals surface area contributed by atoms with Gasteiger partial charge in [-0.3, -0.25) is 0 Å². The Morgan fingerprint density at radius 3 is 1.70 bits per heavy atom. The molecule has 0 fully saturated rings. The lowest BCUT2D eigenvalue weighted by molar-refractivity contribution is -0.138. The maximum Gasteiger partial charge on any atom is 0.330 e. The van der Waals surface area contributed by atoms with Gasteiger partial charge in [0.2, 0.25) is 8.32 Å². The smallest absolute Gasteiger partial charge is 0.330 e. The molecule has 0 aromatic carbocycles. The van der Waals surface area contributed by atoms with Gasteiger partial charge in [0.1, 0.15) is 0 Å². The molecule has 0 aliphatic heterocycles. The van der Waals surface area contributed by atoms with Gasteiger partial charge in [-0.15, -0.1) is 6.58 Å². The zero-order chi connectivity index (χ0) is 17.6. The van der Waals surface area contributed by atoms with Crippen molar-refractivity contribution < 1.29 is 23.5 Å². The third-order valence-corrected chi connectivity index (χ3v) is 7.32. The van der Waals surface area contributed by atoms with Crippen molar-refractivity contribution in [3.05, 3.63) is 36.6 Å². The van der Waals surface area contributed by atoms with Gasteiger partial charge in [0.15, 0.2) is 0 Å². The van der Waals surface area contributed by atoms with E-state index in [1.165, 1.54) is 12.2 Å². The van der Waals surface area contributed by atoms with Gasteiger partial charge >= 0.3 is 11.9 Å². The van der Waals surface area contributed by atoms with Crippen LogP contribution in [0.4, 0.5) is 0 Å². The van der Waals surface area contributed by atoms with Gasteiger partial charge in [-0.05, 0) is 38.8 Å². The molecule has 0 rings (SSSR count). The van der Waals surface area contributed by atoms with E-state index in [1.54, 1.807) is 33.1 Å². The van der Waals surface area contributed by atoms with Crippen LogP contribution < -0.4 is 0 Å². The third kappa shape index (κ3) is 9.86. The molecule has 0 radical (unpaired) electrons. The van der Waals surface area contributed by atoms with E-state index in [0.717, 1.165) is 24.9 Å². The Hall–Kier alpha value is -1.66. The van der Waals surface area contributed by atoms with Crippen LogP contribution in [0.2, 0.25) is 12.1 Å². The van der Waals surface area contributed by atoms with Crippen molar-refractivity contribution in [3.63, 3.8) is 0 Å². The molecule has 0 saturated carbocycles. The van der Waals surface area contributed by atoms with E-state index >= 15 is 0 Å². The van der Waals surface area contributed by atoms with E-state index in [-0.39, 0.29) is 11.9 Å². The number of esters is 2. The van der Waals surface area contributed by atoms with Gasteiger partial charge in [-0.1, -0.05) is 17.9 Å². The molecule has 0 atom stereocenters. The Labute approximate surface area is 140 Å². The summed E-state index contributed by atoms with van der Waals surface area (Å²) in [6.45, 7) is 8.16. The minimum absolute atomic E-state index is 0.327. The largest absolute Gasteiger partial charge is 0.463 e.